The van der Waals surface area contributed by atoms with E-state index in [1.807, 2.05) is 19.1 Å². The van der Waals surface area contributed by atoms with Crippen molar-refractivity contribution in [2.24, 2.45) is 5.92 Å². The van der Waals surface area contributed by atoms with Crippen LogP contribution < -0.4 is 10.2 Å². The second kappa shape index (κ2) is 8.28. The Balaban J connectivity index is 1.59. The number of aromatic nitrogens is 2. The van der Waals surface area contributed by atoms with Crippen molar-refractivity contribution in [3.8, 4) is 0 Å². The lowest BCUT2D eigenvalue weighted by Crippen LogP contribution is -2.32. The van der Waals surface area contributed by atoms with E-state index in [0.717, 1.165) is 55.4 Å². The van der Waals surface area contributed by atoms with E-state index in [1.165, 1.54) is 11.1 Å². The molecule has 1 saturated carbocycles. The van der Waals surface area contributed by atoms with Crippen molar-refractivity contribution >= 4 is 11.6 Å². The lowest BCUT2D eigenvalue weighted by molar-refractivity contribution is 0.199. The largest absolute Gasteiger partial charge is 0.394 e. The minimum Gasteiger partial charge on any atom is -0.394 e. The number of anilines is 2. The van der Waals surface area contributed by atoms with Crippen molar-refractivity contribution in [1.82, 2.24) is 9.97 Å². The summed E-state index contributed by atoms with van der Waals surface area (Å²) in [5.41, 5.74) is 3.58. The van der Waals surface area contributed by atoms with E-state index in [2.05, 4.69) is 36.2 Å². The summed E-state index contributed by atoms with van der Waals surface area (Å²) in [5, 5.41) is 23.0. The first kappa shape index (κ1) is 20.1. The second-order valence-corrected chi connectivity index (χ2v) is 8.80. The molecule has 3 N–H and O–H groups in total. The van der Waals surface area contributed by atoms with Crippen LogP contribution in [0.1, 0.15) is 68.1 Å². The molecule has 2 atom stereocenters. The van der Waals surface area contributed by atoms with E-state index in [4.69, 9.17) is 9.97 Å². The van der Waals surface area contributed by atoms with Gasteiger partial charge in [-0.25, -0.2) is 9.97 Å². The highest BCUT2D eigenvalue weighted by molar-refractivity contribution is 5.53. The van der Waals surface area contributed by atoms with Crippen molar-refractivity contribution in [2.75, 3.05) is 23.4 Å². The van der Waals surface area contributed by atoms with Gasteiger partial charge in [-0.1, -0.05) is 32.0 Å². The summed E-state index contributed by atoms with van der Waals surface area (Å²) in [6.07, 6.45) is 2.81. The number of benzene rings is 1. The summed E-state index contributed by atoms with van der Waals surface area (Å²) < 4.78 is 0. The third kappa shape index (κ3) is 4.54. The molecule has 1 aromatic heterocycles. The first-order valence-electron chi connectivity index (χ1n) is 10.8. The highest BCUT2D eigenvalue weighted by Gasteiger charge is 2.29. The normalized spacial score (nSPS) is 18.5. The average molecular weight is 397 g/mol. The Morgan fingerprint density at radius 3 is 2.59 bits per heavy atom. The van der Waals surface area contributed by atoms with Crippen LogP contribution in [0.5, 0.6) is 0 Å². The zero-order valence-corrected chi connectivity index (χ0v) is 17.6. The molecule has 29 heavy (non-hydrogen) atoms. The number of hydrogen-bond acceptors (Lipinski definition) is 6. The van der Waals surface area contributed by atoms with Gasteiger partial charge in [0.1, 0.15) is 17.5 Å². The summed E-state index contributed by atoms with van der Waals surface area (Å²) in [6.45, 7) is 7.79. The Labute approximate surface area is 173 Å². The van der Waals surface area contributed by atoms with Crippen LogP contribution in [0.2, 0.25) is 0 Å². The molecule has 2 aromatic rings. The zero-order valence-electron chi connectivity index (χ0n) is 17.6. The molecular weight excluding hydrogens is 364 g/mol. The van der Waals surface area contributed by atoms with Gasteiger partial charge in [0.15, 0.2) is 0 Å². The number of hydrogen-bond donors (Lipinski definition) is 3. The van der Waals surface area contributed by atoms with E-state index in [9.17, 15) is 10.2 Å². The molecule has 0 bridgehead atoms. The predicted molar refractivity (Wildman–Crippen MR) is 115 cm³/mol. The predicted octanol–water partition coefficient (Wildman–Crippen LogP) is 3.40. The van der Waals surface area contributed by atoms with E-state index in [1.54, 1.807) is 0 Å². The van der Waals surface area contributed by atoms with Crippen LogP contribution in [-0.2, 0) is 13.0 Å². The highest BCUT2D eigenvalue weighted by Crippen LogP contribution is 2.39. The van der Waals surface area contributed by atoms with Crippen molar-refractivity contribution in [2.45, 2.75) is 64.6 Å². The lowest BCUT2D eigenvalue weighted by atomic mass is 9.96. The minimum absolute atomic E-state index is 0.0224. The average Bonchev–Trinajstić information content (AvgIpc) is 3.56. The molecule has 1 aromatic carbocycles. The molecule has 2 aliphatic rings. The molecular formula is C23H32N4O2. The molecule has 0 spiro atoms. The van der Waals surface area contributed by atoms with Crippen molar-refractivity contribution in [1.29, 1.82) is 0 Å². The van der Waals surface area contributed by atoms with Crippen LogP contribution in [0.25, 0.3) is 0 Å². The van der Waals surface area contributed by atoms with Crippen LogP contribution >= 0.6 is 0 Å². The smallest absolute Gasteiger partial charge is 0.136 e. The number of nitrogens with one attached hydrogen (secondary N) is 1. The van der Waals surface area contributed by atoms with E-state index in [-0.39, 0.29) is 12.6 Å². The van der Waals surface area contributed by atoms with Crippen molar-refractivity contribution in [3.63, 3.8) is 0 Å². The molecule has 6 nitrogen and oxygen atoms in total. The molecule has 0 radical (unpaired) electrons. The zero-order chi connectivity index (χ0) is 20.5. The highest BCUT2D eigenvalue weighted by atomic mass is 16.3. The van der Waals surface area contributed by atoms with Gasteiger partial charge in [-0.05, 0) is 48.8 Å². The van der Waals surface area contributed by atoms with Gasteiger partial charge in [0.25, 0.3) is 0 Å². The molecule has 1 aliphatic carbocycles. The fraction of sp³-hybridized carbons (Fsp3) is 0.565. The lowest BCUT2D eigenvalue weighted by Gasteiger charge is -2.31. The van der Waals surface area contributed by atoms with Crippen LogP contribution in [0, 0.1) is 5.92 Å². The topological polar surface area (TPSA) is 81.5 Å². The Hall–Kier alpha value is -2.18. The number of fused-ring (bicyclic) bond motifs is 1. The van der Waals surface area contributed by atoms with E-state index < -0.39 is 6.10 Å². The van der Waals surface area contributed by atoms with E-state index in [0.29, 0.717) is 11.8 Å². The Morgan fingerprint density at radius 1 is 1.14 bits per heavy atom. The van der Waals surface area contributed by atoms with Crippen LogP contribution in [0.4, 0.5) is 11.6 Å². The maximum Gasteiger partial charge on any atom is 0.136 e. The minimum atomic E-state index is -0.435. The first-order valence-corrected chi connectivity index (χ1v) is 10.8. The number of nitrogens with zero attached hydrogens (tertiary/aromatic N) is 3. The SMILES string of the molecule is CC(C)[C@@H](CO)Nc1cc(N2CCc3cc([C@@H](C)O)ccc3C2)nc(C2CC2)n1. The third-order valence-corrected chi connectivity index (χ3v) is 6.06. The second-order valence-electron chi connectivity index (χ2n) is 8.80. The summed E-state index contributed by atoms with van der Waals surface area (Å²) in [6, 6.07) is 8.28. The van der Waals surface area contributed by atoms with Gasteiger partial charge in [-0.3, -0.25) is 0 Å². The summed E-state index contributed by atoms with van der Waals surface area (Å²) >= 11 is 0. The Morgan fingerprint density at radius 2 is 1.93 bits per heavy atom. The van der Waals surface area contributed by atoms with Gasteiger partial charge in [-0.2, -0.15) is 0 Å². The van der Waals surface area contributed by atoms with Gasteiger partial charge in [0.2, 0.25) is 0 Å². The quantitative estimate of drug-likeness (QED) is 0.666. The number of aliphatic hydroxyl groups excluding tert-OH is 2. The van der Waals surface area contributed by atoms with Crippen molar-refractivity contribution < 1.29 is 10.2 Å². The monoisotopic (exact) mass is 396 g/mol. The molecule has 6 heteroatoms. The molecule has 0 saturated heterocycles. The fourth-order valence-electron chi connectivity index (χ4n) is 3.85. The first-order chi connectivity index (χ1) is 13.9. The van der Waals surface area contributed by atoms with Gasteiger partial charge >= 0.3 is 0 Å². The fourth-order valence-corrected chi connectivity index (χ4v) is 3.85. The van der Waals surface area contributed by atoms with Gasteiger partial charge in [-0.15, -0.1) is 0 Å². The van der Waals surface area contributed by atoms with Crippen LogP contribution in [0.3, 0.4) is 0 Å². The van der Waals surface area contributed by atoms with Crippen molar-refractivity contribution in [3.05, 3.63) is 46.8 Å². The summed E-state index contributed by atoms with van der Waals surface area (Å²) in [7, 11) is 0. The Bertz CT molecular complexity index is 864. The molecule has 0 amide bonds. The van der Waals surface area contributed by atoms with Gasteiger partial charge < -0.3 is 20.4 Å². The van der Waals surface area contributed by atoms with Crippen LogP contribution in [-0.4, -0.2) is 39.4 Å². The number of aliphatic hydroxyl groups is 2. The molecule has 2 heterocycles. The summed E-state index contributed by atoms with van der Waals surface area (Å²) in [5.74, 6) is 3.45. The third-order valence-electron chi connectivity index (χ3n) is 6.06. The summed E-state index contributed by atoms with van der Waals surface area (Å²) in [4.78, 5) is 11.9. The van der Waals surface area contributed by atoms with E-state index >= 15 is 0 Å². The standard InChI is InChI=1S/C23H32N4O2/c1-14(2)20(13-28)24-21-11-22(26-23(25-21)16-4-5-16)27-9-8-18-10-17(15(3)29)6-7-19(18)12-27/h6-7,10-11,14-16,20,28-29H,4-5,8-9,12-13H2,1-3H3,(H,24,25,26)/t15-,20-/m1/s1. The molecule has 0 unspecified atom stereocenters. The number of rotatable bonds is 7. The molecule has 1 aliphatic heterocycles. The van der Waals surface area contributed by atoms with Gasteiger partial charge in [0.05, 0.1) is 18.8 Å². The maximum atomic E-state index is 9.85. The molecule has 156 valence electrons. The molecule has 1 fully saturated rings. The molecule has 4 rings (SSSR count). The maximum absolute atomic E-state index is 9.85. The van der Waals surface area contributed by atoms with Gasteiger partial charge in [0, 0.05) is 25.1 Å². The Kier molecular flexibility index (Phi) is 5.74. The van der Waals surface area contributed by atoms with Crippen LogP contribution in [0.15, 0.2) is 24.3 Å².